The van der Waals surface area contributed by atoms with Gasteiger partial charge in [0, 0.05) is 6.42 Å². The van der Waals surface area contributed by atoms with Crippen LogP contribution >= 0.6 is 15.9 Å². The van der Waals surface area contributed by atoms with E-state index in [9.17, 15) is 9.59 Å². The standard InChI is InChI=1S/C16H36N.C4H4BrNO2.HI/c1-5-9-13-17(14-10-6-2,15-11-7-3)16-12-8-4;5-2-1-3(7)6-4(2)8;/h5-16H2,1-4H3;2H,1H2,(H,6,7,8);1H/q+1;;/p-1. The largest absolute Gasteiger partial charge is 1.00 e. The van der Waals surface area contributed by atoms with E-state index in [0.29, 0.717) is 0 Å². The molecule has 1 atom stereocenters. The SMILES string of the molecule is CCCC[N+](CCCC)(CCCC)CCCC.O=C1CC(Br)C(=O)N1.[I-]. The summed E-state index contributed by atoms with van der Waals surface area (Å²) in [4.78, 5) is 20.4. The Kier molecular flexibility index (Phi) is 19.1. The maximum Gasteiger partial charge on any atom is 0.240 e. The lowest BCUT2D eigenvalue weighted by Crippen LogP contribution is -3.00. The van der Waals surface area contributed by atoms with Crippen LogP contribution in [-0.2, 0) is 9.59 Å². The van der Waals surface area contributed by atoms with Gasteiger partial charge in [0.15, 0.2) is 0 Å². The van der Waals surface area contributed by atoms with Crippen LogP contribution in [0.15, 0.2) is 0 Å². The zero-order chi connectivity index (χ0) is 19.1. The molecule has 0 aromatic carbocycles. The minimum absolute atomic E-state index is 0. The van der Waals surface area contributed by atoms with E-state index in [4.69, 9.17) is 0 Å². The zero-order valence-corrected chi connectivity index (χ0v) is 21.0. The molecule has 1 heterocycles. The number of hydrogen-bond acceptors (Lipinski definition) is 2. The minimum Gasteiger partial charge on any atom is -1.00 e. The number of alkyl halides is 1. The Labute approximate surface area is 187 Å². The second kappa shape index (κ2) is 17.4. The summed E-state index contributed by atoms with van der Waals surface area (Å²) in [5.41, 5.74) is 0. The van der Waals surface area contributed by atoms with Crippen molar-refractivity contribution in [1.29, 1.82) is 0 Å². The quantitative estimate of drug-likeness (QED) is 0.176. The van der Waals surface area contributed by atoms with Crippen molar-refractivity contribution < 1.29 is 38.0 Å². The predicted octanol–water partition coefficient (Wildman–Crippen LogP) is 1.80. The molecule has 0 aromatic rings. The smallest absolute Gasteiger partial charge is 0.240 e. The van der Waals surface area contributed by atoms with Gasteiger partial charge in [0.05, 0.1) is 26.2 Å². The maximum absolute atomic E-state index is 10.4. The van der Waals surface area contributed by atoms with Gasteiger partial charge in [0.25, 0.3) is 0 Å². The van der Waals surface area contributed by atoms with Crippen LogP contribution in [0.25, 0.3) is 0 Å². The number of halogens is 2. The van der Waals surface area contributed by atoms with Gasteiger partial charge in [0.1, 0.15) is 4.83 Å². The van der Waals surface area contributed by atoms with Crippen LogP contribution in [0, 0.1) is 0 Å². The van der Waals surface area contributed by atoms with Crippen LogP contribution in [0.4, 0.5) is 0 Å². The summed E-state index contributed by atoms with van der Waals surface area (Å²) in [7, 11) is 0. The van der Waals surface area contributed by atoms with Crippen molar-refractivity contribution in [1.82, 2.24) is 5.32 Å². The third-order valence-electron chi connectivity index (χ3n) is 4.86. The Hall–Kier alpha value is 0.310. The first-order chi connectivity index (χ1) is 11.9. The maximum atomic E-state index is 10.4. The van der Waals surface area contributed by atoms with Crippen molar-refractivity contribution in [3.63, 3.8) is 0 Å². The van der Waals surface area contributed by atoms with Crippen molar-refractivity contribution in [2.24, 2.45) is 0 Å². The number of nitrogens with zero attached hydrogens (tertiary/aromatic N) is 1. The molecule has 0 radical (unpaired) electrons. The number of carbonyl (C=O) groups excluding carboxylic acids is 2. The van der Waals surface area contributed by atoms with E-state index in [1.54, 1.807) is 0 Å². The van der Waals surface area contributed by atoms with Crippen molar-refractivity contribution in [3.8, 4) is 0 Å². The van der Waals surface area contributed by atoms with Gasteiger partial charge in [0.2, 0.25) is 11.8 Å². The van der Waals surface area contributed by atoms with E-state index in [1.807, 2.05) is 0 Å². The molecule has 1 N–H and O–H groups in total. The summed E-state index contributed by atoms with van der Waals surface area (Å²) in [5.74, 6) is -0.424. The van der Waals surface area contributed by atoms with Crippen molar-refractivity contribution in [3.05, 3.63) is 0 Å². The van der Waals surface area contributed by atoms with Crippen molar-refractivity contribution in [2.75, 3.05) is 26.2 Å². The number of carbonyl (C=O) groups is 2. The fraction of sp³-hybridized carbons (Fsp3) is 0.900. The highest BCUT2D eigenvalue weighted by atomic mass is 127. The monoisotopic (exact) mass is 546 g/mol. The number of quaternary nitrogens is 1. The Bertz CT molecular complexity index is 343. The minimum atomic E-state index is -0.296. The van der Waals surface area contributed by atoms with E-state index in [-0.39, 0.29) is 47.0 Å². The molecule has 1 rings (SSSR count). The van der Waals surface area contributed by atoms with E-state index in [0.717, 1.165) is 0 Å². The first-order valence-electron chi connectivity index (χ1n) is 10.3. The average molecular weight is 547 g/mol. The van der Waals surface area contributed by atoms with Gasteiger partial charge in [-0.25, -0.2) is 0 Å². The summed E-state index contributed by atoms with van der Waals surface area (Å²) < 4.78 is 1.42. The number of hydrogen-bond donors (Lipinski definition) is 1. The molecule has 0 saturated carbocycles. The van der Waals surface area contributed by atoms with Crippen LogP contribution in [0.2, 0.25) is 0 Å². The molecule has 4 nitrogen and oxygen atoms in total. The third-order valence-corrected chi connectivity index (χ3v) is 5.60. The second-order valence-electron chi connectivity index (χ2n) is 7.23. The summed E-state index contributed by atoms with van der Waals surface area (Å²) in [6, 6.07) is 0. The molecule has 1 aliphatic heterocycles. The van der Waals surface area contributed by atoms with Crippen LogP contribution in [-0.4, -0.2) is 47.3 Å². The molecule has 2 amide bonds. The molecule has 0 bridgehead atoms. The first kappa shape index (κ1) is 28.5. The number of nitrogens with one attached hydrogen (secondary N) is 1. The molecule has 1 fully saturated rings. The van der Waals surface area contributed by atoms with Gasteiger partial charge in [-0.1, -0.05) is 69.3 Å². The third kappa shape index (κ3) is 12.7. The van der Waals surface area contributed by atoms with Gasteiger partial charge >= 0.3 is 0 Å². The van der Waals surface area contributed by atoms with Crippen LogP contribution in [0.5, 0.6) is 0 Å². The predicted molar refractivity (Wildman–Crippen MR) is 110 cm³/mol. The molecule has 1 unspecified atom stereocenters. The molecule has 156 valence electrons. The summed E-state index contributed by atoms with van der Waals surface area (Å²) in [6.07, 6.45) is 11.3. The van der Waals surface area contributed by atoms with E-state index >= 15 is 0 Å². The van der Waals surface area contributed by atoms with Gasteiger partial charge in [-0.3, -0.25) is 14.9 Å². The average Bonchev–Trinajstić information content (AvgIpc) is 2.90. The fourth-order valence-electron chi connectivity index (χ4n) is 3.17. The molecule has 0 aromatic heterocycles. The zero-order valence-electron chi connectivity index (χ0n) is 17.3. The Morgan fingerprint density at radius 1 is 0.846 bits per heavy atom. The Balaban J connectivity index is 0. The number of unbranched alkanes of at least 4 members (excludes halogenated alkanes) is 4. The van der Waals surface area contributed by atoms with Crippen LogP contribution in [0.1, 0.15) is 85.5 Å². The lowest BCUT2D eigenvalue weighted by atomic mass is 10.1. The van der Waals surface area contributed by atoms with Gasteiger partial charge in [-0.15, -0.1) is 0 Å². The highest BCUT2D eigenvalue weighted by Crippen LogP contribution is 2.16. The molecule has 26 heavy (non-hydrogen) atoms. The first-order valence-corrected chi connectivity index (χ1v) is 11.2. The molecular weight excluding hydrogens is 507 g/mol. The van der Waals surface area contributed by atoms with Crippen molar-refractivity contribution in [2.45, 2.75) is 90.3 Å². The van der Waals surface area contributed by atoms with Crippen LogP contribution in [0.3, 0.4) is 0 Å². The lowest BCUT2D eigenvalue weighted by molar-refractivity contribution is -0.929. The molecule has 0 aliphatic carbocycles. The van der Waals surface area contributed by atoms with Crippen molar-refractivity contribution >= 4 is 27.7 Å². The summed E-state index contributed by atoms with van der Waals surface area (Å²) in [5, 5.41) is 2.14. The topological polar surface area (TPSA) is 46.2 Å². The van der Waals surface area contributed by atoms with E-state index in [1.165, 1.54) is 82.0 Å². The molecule has 1 saturated heterocycles. The Morgan fingerprint density at radius 3 is 1.35 bits per heavy atom. The fourth-order valence-corrected chi connectivity index (χ4v) is 3.58. The lowest BCUT2D eigenvalue weighted by Gasteiger charge is -2.39. The second-order valence-corrected chi connectivity index (χ2v) is 8.34. The molecule has 6 heteroatoms. The number of rotatable bonds is 12. The molecule has 0 spiro atoms. The molecular formula is C20H40BrIN2O2. The van der Waals surface area contributed by atoms with Gasteiger partial charge < -0.3 is 28.5 Å². The highest BCUT2D eigenvalue weighted by Gasteiger charge is 2.27. The highest BCUT2D eigenvalue weighted by molar-refractivity contribution is 9.10. The van der Waals surface area contributed by atoms with Gasteiger partial charge in [-0.2, -0.15) is 0 Å². The number of amides is 2. The number of imide groups is 1. The summed E-state index contributed by atoms with van der Waals surface area (Å²) in [6.45, 7) is 15.0. The molecule has 1 aliphatic rings. The Morgan fingerprint density at radius 2 is 1.19 bits per heavy atom. The normalized spacial score (nSPS) is 16.6. The van der Waals surface area contributed by atoms with E-state index in [2.05, 4.69) is 48.9 Å². The van der Waals surface area contributed by atoms with Crippen LogP contribution < -0.4 is 29.3 Å². The van der Waals surface area contributed by atoms with E-state index < -0.39 is 0 Å². The van der Waals surface area contributed by atoms with Gasteiger partial charge in [-0.05, 0) is 25.7 Å². The summed E-state index contributed by atoms with van der Waals surface area (Å²) >= 11 is 3.01.